The molecule has 1 unspecified atom stereocenters. The summed E-state index contributed by atoms with van der Waals surface area (Å²) in [4.78, 5) is 18.4. The van der Waals surface area contributed by atoms with Crippen LogP contribution in [-0.2, 0) is 11.3 Å². The molecule has 3 N–H and O–H groups in total. The van der Waals surface area contributed by atoms with Gasteiger partial charge < -0.3 is 16.0 Å². The predicted octanol–water partition coefficient (Wildman–Crippen LogP) is 1.73. The van der Waals surface area contributed by atoms with Gasteiger partial charge in [-0.1, -0.05) is 37.3 Å². The molecule has 144 valence electrons. The van der Waals surface area contributed by atoms with Crippen LogP contribution in [0.15, 0.2) is 35.3 Å². The molecule has 0 radical (unpaired) electrons. The second-order valence-corrected chi connectivity index (χ2v) is 6.73. The highest BCUT2D eigenvalue weighted by Gasteiger charge is 2.24. The Hall–Kier alpha value is -2.08. The Kier molecular flexibility index (Phi) is 8.96. The van der Waals surface area contributed by atoms with Crippen LogP contribution in [-0.4, -0.2) is 56.0 Å². The first kappa shape index (κ1) is 20.2. The molecule has 1 heterocycles. The van der Waals surface area contributed by atoms with Crippen LogP contribution in [0.2, 0.25) is 0 Å². The highest BCUT2D eigenvalue weighted by Crippen LogP contribution is 2.19. The highest BCUT2D eigenvalue weighted by molar-refractivity contribution is 5.81. The molecule has 0 aliphatic carbocycles. The number of nitrogens with one attached hydrogen (secondary N) is 3. The van der Waals surface area contributed by atoms with Gasteiger partial charge in [0, 0.05) is 45.7 Å². The van der Waals surface area contributed by atoms with Crippen LogP contribution in [0.4, 0.5) is 0 Å². The van der Waals surface area contributed by atoms with Crippen LogP contribution in [0.5, 0.6) is 0 Å². The molecule has 1 saturated heterocycles. The lowest BCUT2D eigenvalue weighted by Gasteiger charge is -2.25. The summed E-state index contributed by atoms with van der Waals surface area (Å²) in [6.45, 7) is 6.39. The molecule has 6 heteroatoms. The Balaban J connectivity index is 1.70. The summed E-state index contributed by atoms with van der Waals surface area (Å²) in [7, 11) is 1.77. The third-order valence-corrected chi connectivity index (χ3v) is 4.67. The molecule has 1 atom stereocenters. The van der Waals surface area contributed by atoms with E-state index in [4.69, 9.17) is 0 Å². The third-order valence-electron chi connectivity index (χ3n) is 4.67. The van der Waals surface area contributed by atoms with Crippen LogP contribution >= 0.6 is 0 Å². The van der Waals surface area contributed by atoms with Gasteiger partial charge in [-0.3, -0.25) is 14.7 Å². The van der Waals surface area contributed by atoms with Crippen molar-refractivity contribution in [2.24, 2.45) is 4.99 Å². The van der Waals surface area contributed by atoms with Crippen molar-refractivity contribution in [3.8, 4) is 0 Å². The molecular weight excluding hydrogens is 326 g/mol. The lowest BCUT2D eigenvalue weighted by atomic mass is 10.2. The molecule has 0 aromatic heterocycles. The van der Waals surface area contributed by atoms with Gasteiger partial charge in [-0.2, -0.15) is 0 Å². The van der Waals surface area contributed by atoms with Crippen molar-refractivity contribution in [2.75, 3.05) is 33.2 Å². The zero-order chi connectivity index (χ0) is 18.6. The van der Waals surface area contributed by atoms with Gasteiger partial charge in [-0.15, -0.1) is 0 Å². The number of aliphatic imine (C=N–C) groups is 1. The molecule has 1 fully saturated rings. The van der Waals surface area contributed by atoms with E-state index in [2.05, 4.69) is 63.1 Å². The largest absolute Gasteiger partial charge is 0.356 e. The van der Waals surface area contributed by atoms with Crippen molar-refractivity contribution in [3.63, 3.8) is 0 Å². The molecule has 1 aromatic rings. The highest BCUT2D eigenvalue weighted by atomic mass is 16.1. The summed E-state index contributed by atoms with van der Waals surface area (Å²) in [5.41, 5.74) is 1.36. The molecule has 2 rings (SSSR count). The van der Waals surface area contributed by atoms with Crippen molar-refractivity contribution in [3.05, 3.63) is 35.9 Å². The number of hydrogen-bond donors (Lipinski definition) is 3. The Morgan fingerprint density at radius 3 is 2.73 bits per heavy atom. The van der Waals surface area contributed by atoms with E-state index in [0.717, 1.165) is 38.6 Å². The number of likely N-dealkylation sites (tertiary alicyclic amines) is 1. The molecular formula is C20H33N5O. The first-order chi connectivity index (χ1) is 12.7. The van der Waals surface area contributed by atoms with E-state index < -0.39 is 0 Å². The van der Waals surface area contributed by atoms with E-state index in [1.165, 1.54) is 18.4 Å². The summed E-state index contributed by atoms with van der Waals surface area (Å²) >= 11 is 0. The van der Waals surface area contributed by atoms with E-state index in [1.54, 1.807) is 7.05 Å². The van der Waals surface area contributed by atoms with E-state index in [0.29, 0.717) is 19.0 Å². The fraction of sp³-hybridized carbons (Fsp3) is 0.600. The van der Waals surface area contributed by atoms with Crippen molar-refractivity contribution in [2.45, 2.75) is 45.2 Å². The van der Waals surface area contributed by atoms with Gasteiger partial charge in [0.15, 0.2) is 5.96 Å². The minimum atomic E-state index is 0.0830. The summed E-state index contributed by atoms with van der Waals surface area (Å²) in [5.74, 6) is 0.847. The Labute approximate surface area is 157 Å². The number of rotatable bonds is 9. The van der Waals surface area contributed by atoms with E-state index in [1.807, 2.05) is 0 Å². The van der Waals surface area contributed by atoms with Gasteiger partial charge in [0.1, 0.15) is 0 Å². The first-order valence-electron chi connectivity index (χ1n) is 9.72. The minimum absolute atomic E-state index is 0.0830. The fourth-order valence-corrected chi connectivity index (χ4v) is 3.23. The third kappa shape index (κ3) is 7.04. The Morgan fingerprint density at radius 1 is 1.19 bits per heavy atom. The molecule has 1 aromatic carbocycles. The van der Waals surface area contributed by atoms with E-state index in [9.17, 15) is 4.79 Å². The fourth-order valence-electron chi connectivity index (χ4n) is 3.23. The number of guanidine groups is 1. The second kappa shape index (κ2) is 11.5. The molecule has 1 aliphatic heterocycles. The number of carbonyl (C=O) groups is 1. The maximum absolute atomic E-state index is 11.6. The quantitative estimate of drug-likeness (QED) is 0.464. The van der Waals surface area contributed by atoms with Crippen molar-refractivity contribution in [1.82, 2.24) is 20.9 Å². The maximum Gasteiger partial charge on any atom is 0.221 e. The molecule has 26 heavy (non-hydrogen) atoms. The lowest BCUT2D eigenvalue weighted by molar-refractivity contribution is -0.120. The Bertz CT molecular complexity index is 561. The summed E-state index contributed by atoms with van der Waals surface area (Å²) in [6.07, 6.45) is 3.87. The number of amides is 1. The number of hydrogen-bond acceptors (Lipinski definition) is 3. The SMILES string of the molecule is CCCNC(=O)CCNC(=NC)NCC1CCCN1Cc1ccccc1. The monoisotopic (exact) mass is 359 g/mol. The predicted molar refractivity (Wildman–Crippen MR) is 107 cm³/mol. The van der Waals surface area contributed by atoms with Crippen LogP contribution in [0.3, 0.4) is 0 Å². The van der Waals surface area contributed by atoms with Gasteiger partial charge in [0.25, 0.3) is 0 Å². The number of carbonyl (C=O) groups excluding carboxylic acids is 1. The molecule has 0 spiro atoms. The normalized spacial score (nSPS) is 17.9. The van der Waals surface area contributed by atoms with Crippen molar-refractivity contribution < 1.29 is 4.79 Å². The molecule has 0 bridgehead atoms. The average molecular weight is 360 g/mol. The number of nitrogens with zero attached hydrogens (tertiary/aromatic N) is 2. The maximum atomic E-state index is 11.6. The summed E-state index contributed by atoms with van der Waals surface area (Å²) in [6, 6.07) is 11.1. The van der Waals surface area contributed by atoms with Crippen molar-refractivity contribution >= 4 is 11.9 Å². The van der Waals surface area contributed by atoms with E-state index in [-0.39, 0.29) is 5.91 Å². The van der Waals surface area contributed by atoms with Crippen LogP contribution in [0, 0.1) is 0 Å². The lowest BCUT2D eigenvalue weighted by Crippen LogP contribution is -2.45. The summed E-state index contributed by atoms with van der Waals surface area (Å²) in [5, 5.41) is 9.52. The Morgan fingerprint density at radius 2 is 2.00 bits per heavy atom. The molecule has 1 aliphatic rings. The van der Waals surface area contributed by atoms with Gasteiger partial charge >= 0.3 is 0 Å². The minimum Gasteiger partial charge on any atom is -0.356 e. The number of benzene rings is 1. The molecule has 1 amide bonds. The van der Waals surface area contributed by atoms with Gasteiger partial charge in [0.2, 0.25) is 5.91 Å². The van der Waals surface area contributed by atoms with Crippen molar-refractivity contribution in [1.29, 1.82) is 0 Å². The topological polar surface area (TPSA) is 68.8 Å². The van der Waals surface area contributed by atoms with Crippen LogP contribution < -0.4 is 16.0 Å². The molecule has 6 nitrogen and oxygen atoms in total. The van der Waals surface area contributed by atoms with Gasteiger partial charge in [-0.05, 0) is 31.4 Å². The second-order valence-electron chi connectivity index (χ2n) is 6.73. The first-order valence-corrected chi connectivity index (χ1v) is 9.72. The average Bonchev–Trinajstić information content (AvgIpc) is 3.10. The van der Waals surface area contributed by atoms with Gasteiger partial charge in [-0.25, -0.2) is 0 Å². The zero-order valence-electron chi connectivity index (χ0n) is 16.1. The smallest absolute Gasteiger partial charge is 0.221 e. The zero-order valence-corrected chi connectivity index (χ0v) is 16.1. The molecule has 0 saturated carbocycles. The van der Waals surface area contributed by atoms with Crippen LogP contribution in [0.1, 0.15) is 38.2 Å². The standard InChI is InChI=1S/C20H33N5O/c1-3-12-22-19(26)11-13-23-20(21-2)24-15-18-10-7-14-25(18)16-17-8-5-4-6-9-17/h4-6,8-9,18H,3,7,10-16H2,1-2H3,(H,22,26)(H2,21,23,24). The van der Waals surface area contributed by atoms with E-state index >= 15 is 0 Å². The summed E-state index contributed by atoms with van der Waals surface area (Å²) < 4.78 is 0. The van der Waals surface area contributed by atoms with Gasteiger partial charge in [0.05, 0.1) is 0 Å². The van der Waals surface area contributed by atoms with Crippen LogP contribution in [0.25, 0.3) is 0 Å².